The molecule has 1 heterocycles. The number of aromatic nitrogens is 2. The summed E-state index contributed by atoms with van der Waals surface area (Å²) in [6.07, 6.45) is 5.02. The quantitative estimate of drug-likeness (QED) is 0.314. The molecule has 33 heavy (non-hydrogen) atoms. The fourth-order valence-corrected chi connectivity index (χ4v) is 5.32. The van der Waals surface area contributed by atoms with Crippen LogP contribution >= 0.6 is 7.60 Å². The predicted molar refractivity (Wildman–Crippen MR) is 127 cm³/mol. The fraction of sp³-hybridized carbons (Fsp3) is 0.250. The Bertz CT molecular complexity index is 1210. The minimum Gasteiger partial charge on any atom is -0.324 e. The first-order valence-electron chi connectivity index (χ1n) is 10.5. The lowest BCUT2D eigenvalue weighted by Gasteiger charge is -2.33. The van der Waals surface area contributed by atoms with Gasteiger partial charge in [0.25, 0.3) is 0 Å². The molecule has 0 fully saturated rings. The molecule has 3 rings (SSSR count). The Morgan fingerprint density at radius 2 is 1.79 bits per heavy atom. The zero-order valence-electron chi connectivity index (χ0n) is 18.7. The number of hydrogen-bond donors (Lipinski definition) is 3. The average molecular weight is 471 g/mol. The number of halogens is 1. The molecule has 0 radical (unpaired) electrons. The average Bonchev–Trinajstić information content (AvgIpc) is 3.14. The van der Waals surface area contributed by atoms with E-state index < -0.39 is 18.7 Å². The van der Waals surface area contributed by atoms with Gasteiger partial charge in [0.2, 0.25) is 5.91 Å². The molecule has 0 atom stereocenters. The van der Waals surface area contributed by atoms with E-state index in [2.05, 4.69) is 10.4 Å². The van der Waals surface area contributed by atoms with Crippen molar-refractivity contribution in [1.29, 1.82) is 0 Å². The summed E-state index contributed by atoms with van der Waals surface area (Å²) in [4.78, 5) is 32.2. The predicted octanol–water partition coefficient (Wildman–Crippen LogP) is 5.07. The number of rotatable bonds is 8. The lowest BCUT2D eigenvalue weighted by molar-refractivity contribution is -0.111. The van der Waals surface area contributed by atoms with Crippen molar-refractivity contribution in [1.82, 2.24) is 9.78 Å². The van der Waals surface area contributed by atoms with Crippen LogP contribution in [0.3, 0.4) is 0 Å². The molecule has 0 saturated heterocycles. The van der Waals surface area contributed by atoms with Gasteiger partial charge in [0.05, 0.1) is 17.0 Å². The van der Waals surface area contributed by atoms with Crippen LogP contribution in [0.2, 0.25) is 0 Å². The van der Waals surface area contributed by atoms with E-state index in [4.69, 9.17) is 0 Å². The topological polar surface area (TPSA) is 104 Å². The fourth-order valence-electron chi connectivity index (χ4n) is 4.01. The first kappa shape index (κ1) is 24.6. The largest absolute Gasteiger partial charge is 0.335 e. The van der Waals surface area contributed by atoms with Crippen LogP contribution in [-0.2, 0) is 21.6 Å². The SMILES string of the molecule is CCC(CC)(c1ccc(NC(=O)/C=C/c2cnn(C)c2-c2ccccc2F)cc1)P(=O)(O)O. The van der Waals surface area contributed by atoms with Crippen molar-refractivity contribution >= 4 is 25.3 Å². The maximum absolute atomic E-state index is 14.2. The number of carbonyl (C=O) groups excluding carboxylic acids is 1. The van der Waals surface area contributed by atoms with Crippen LogP contribution in [0.5, 0.6) is 0 Å². The first-order valence-corrected chi connectivity index (χ1v) is 12.2. The van der Waals surface area contributed by atoms with Gasteiger partial charge in [-0.25, -0.2) is 4.39 Å². The van der Waals surface area contributed by atoms with E-state index in [-0.39, 0.29) is 18.7 Å². The van der Waals surface area contributed by atoms with Crippen molar-refractivity contribution in [3.63, 3.8) is 0 Å². The van der Waals surface area contributed by atoms with Crippen molar-refractivity contribution < 1.29 is 23.5 Å². The Morgan fingerprint density at radius 1 is 1.15 bits per heavy atom. The van der Waals surface area contributed by atoms with Crippen molar-refractivity contribution in [3.05, 3.63) is 77.7 Å². The molecule has 0 saturated carbocycles. The molecule has 0 aliphatic carbocycles. The maximum atomic E-state index is 14.2. The van der Waals surface area contributed by atoms with Crippen molar-refractivity contribution in [2.45, 2.75) is 31.8 Å². The van der Waals surface area contributed by atoms with Gasteiger partial charge in [-0.2, -0.15) is 5.10 Å². The van der Waals surface area contributed by atoms with Crippen molar-refractivity contribution in [2.24, 2.45) is 7.05 Å². The zero-order valence-corrected chi connectivity index (χ0v) is 19.6. The Kier molecular flexibility index (Phi) is 7.32. The monoisotopic (exact) mass is 471 g/mol. The van der Waals surface area contributed by atoms with E-state index >= 15 is 0 Å². The zero-order chi connectivity index (χ0) is 24.2. The first-order chi connectivity index (χ1) is 15.6. The number of aryl methyl sites for hydroxylation is 1. The van der Waals surface area contributed by atoms with Gasteiger partial charge in [-0.3, -0.25) is 14.0 Å². The highest BCUT2D eigenvalue weighted by molar-refractivity contribution is 7.53. The normalized spacial score (nSPS) is 12.3. The van der Waals surface area contributed by atoms with E-state index in [1.165, 1.54) is 12.1 Å². The van der Waals surface area contributed by atoms with Gasteiger partial charge < -0.3 is 15.1 Å². The van der Waals surface area contributed by atoms with Crippen LogP contribution in [0.1, 0.15) is 37.8 Å². The van der Waals surface area contributed by atoms with Crippen LogP contribution in [0.25, 0.3) is 17.3 Å². The van der Waals surface area contributed by atoms with Gasteiger partial charge in [-0.1, -0.05) is 38.1 Å². The third kappa shape index (κ3) is 4.98. The van der Waals surface area contributed by atoms with Crippen LogP contribution < -0.4 is 5.32 Å². The standard InChI is InChI=1S/C24H27FN3O4P/c1-4-24(5-2,33(30,31)32)18-11-13-19(14-12-18)27-22(29)15-10-17-16-26-28(3)23(17)20-8-6-7-9-21(20)25/h6-16H,4-5H2,1-3H3,(H,27,29)(H2,30,31,32)/b15-10+. The second-order valence-electron chi connectivity index (χ2n) is 7.73. The summed E-state index contributed by atoms with van der Waals surface area (Å²) in [6, 6.07) is 12.8. The summed E-state index contributed by atoms with van der Waals surface area (Å²) in [5, 5.41) is 5.64. The molecule has 1 amide bonds. The summed E-state index contributed by atoms with van der Waals surface area (Å²) in [5.74, 6) is -0.788. The molecule has 0 unspecified atom stereocenters. The molecule has 0 aliphatic rings. The highest BCUT2D eigenvalue weighted by Gasteiger charge is 2.45. The molecule has 3 N–H and O–H groups in total. The van der Waals surface area contributed by atoms with Gasteiger partial charge in [0.15, 0.2) is 0 Å². The highest BCUT2D eigenvalue weighted by atomic mass is 31.2. The van der Waals surface area contributed by atoms with Crippen molar-refractivity contribution in [3.8, 4) is 11.3 Å². The van der Waals surface area contributed by atoms with E-state index in [1.807, 2.05) is 0 Å². The number of benzene rings is 2. The number of amides is 1. The number of nitrogens with one attached hydrogen (secondary N) is 1. The molecule has 3 aromatic rings. The second kappa shape index (κ2) is 9.83. The molecule has 1 aromatic heterocycles. The number of nitrogens with zero attached hydrogens (tertiary/aromatic N) is 2. The summed E-state index contributed by atoms with van der Waals surface area (Å²) < 4.78 is 27.9. The number of carbonyl (C=O) groups is 1. The number of hydrogen-bond acceptors (Lipinski definition) is 3. The summed E-state index contributed by atoms with van der Waals surface area (Å²) >= 11 is 0. The maximum Gasteiger partial charge on any atom is 0.335 e. The van der Waals surface area contributed by atoms with Crippen LogP contribution in [-0.4, -0.2) is 25.5 Å². The molecule has 9 heteroatoms. The Labute approximate surface area is 192 Å². The van der Waals surface area contributed by atoms with Gasteiger partial charge in [0, 0.05) is 29.9 Å². The van der Waals surface area contributed by atoms with Gasteiger partial charge in [0.1, 0.15) is 5.82 Å². The molecule has 2 aromatic carbocycles. The van der Waals surface area contributed by atoms with E-state index in [1.54, 1.807) is 80.3 Å². The second-order valence-corrected chi connectivity index (χ2v) is 9.68. The Balaban J connectivity index is 1.78. The lowest BCUT2D eigenvalue weighted by Crippen LogP contribution is -2.24. The van der Waals surface area contributed by atoms with Crippen LogP contribution in [0.4, 0.5) is 10.1 Å². The number of anilines is 1. The Hall–Kier alpha value is -3.06. The van der Waals surface area contributed by atoms with Crippen LogP contribution in [0, 0.1) is 5.82 Å². The van der Waals surface area contributed by atoms with E-state index in [0.717, 1.165) is 0 Å². The lowest BCUT2D eigenvalue weighted by atomic mass is 9.92. The molecule has 0 spiro atoms. The van der Waals surface area contributed by atoms with Gasteiger partial charge in [-0.05, 0) is 48.7 Å². The van der Waals surface area contributed by atoms with E-state index in [0.29, 0.717) is 28.1 Å². The Morgan fingerprint density at radius 3 is 2.36 bits per heavy atom. The van der Waals surface area contributed by atoms with E-state index in [9.17, 15) is 23.5 Å². The molecule has 0 aliphatic heterocycles. The highest BCUT2D eigenvalue weighted by Crippen LogP contribution is 2.60. The molecule has 174 valence electrons. The third-order valence-corrected chi connectivity index (χ3v) is 7.93. The molecule has 7 nitrogen and oxygen atoms in total. The summed E-state index contributed by atoms with van der Waals surface area (Å²) in [6.45, 7) is 3.49. The van der Waals surface area contributed by atoms with Crippen molar-refractivity contribution in [2.75, 3.05) is 5.32 Å². The summed E-state index contributed by atoms with van der Waals surface area (Å²) in [7, 11) is -2.68. The van der Waals surface area contributed by atoms with Gasteiger partial charge >= 0.3 is 7.60 Å². The molecular formula is C24H27FN3O4P. The third-order valence-electron chi connectivity index (χ3n) is 5.93. The minimum absolute atomic E-state index is 0.289. The smallest absolute Gasteiger partial charge is 0.324 e. The molecular weight excluding hydrogens is 444 g/mol. The summed E-state index contributed by atoms with van der Waals surface area (Å²) in [5.41, 5.74) is 2.54. The minimum atomic E-state index is -4.38. The molecule has 0 bridgehead atoms. The van der Waals surface area contributed by atoms with Crippen LogP contribution in [0.15, 0.2) is 60.8 Å². The van der Waals surface area contributed by atoms with Gasteiger partial charge in [-0.15, -0.1) is 0 Å².